The van der Waals surface area contributed by atoms with Crippen molar-refractivity contribution in [2.24, 2.45) is 5.92 Å². The van der Waals surface area contributed by atoms with Crippen LogP contribution in [-0.4, -0.2) is 18.4 Å². The summed E-state index contributed by atoms with van der Waals surface area (Å²) in [5.74, 6) is 0.889. The Kier molecular flexibility index (Phi) is 5.80. The van der Waals surface area contributed by atoms with Crippen LogP contribution >= 0.6 is 0 Å². The molecule has 0 aromatic heterocycles. The van der Waals surface area contributed by atoms with Gasteiger partial charge in [0, 0.05) is 22.9 Å². The number of anilines is 2. The van der Waals surface area contributed by atoms with Crippen molar-refractivity contribution >= 4 is 23.2 Å². The second-order valence-electron chi connectivity index (χ2n) is 7.34. The lowest BCUT2D eigenvalue weighted by Crippen LogP contribution is -2.15. The molecule has 3 aromatic carbocycles. The van der Waals surface area contributed by atoms with E-state index in [9.17, 15) is 9.59 Å². The molecule has 2 N–H and O–H groups in total. The van der Waals surface area contributed by atoms with Crippen LogP contribution in [0.5, 0.6) is 5.75 Å². The van der Waals surface area contributed by atoms with Crippen LogP contribution in [0.3, 0.4) is 0 Å². The summed E-state index contributed by atoms with van der Waals surface area (Å²) >= 11 is 0. The zero-order valence-corrected chi connectivity index (χ0v) is 16.8. The van der Waals surface area contributed by atoms with Crippen LogP contribution in [0.1, 0.15) is 35.2 Å². The minimum Gasteiger partial charge on any atom is -0.494 e. The predicted octanol–water partition coefficient (Wildman–Crippen LogP) is 5.08. The lowest BCUT2D eigenvalue weighted by Gasteiger charge is -2.09. The molecule has 0 aliphatic heterocycles. The molecule has 1 saturated carbocycles. The topological polar surface area (TPSA) is 67.4 Å². The second-order valence-corrected chi connectivity index (χ2v) is 7.34. The summed E-state index contributed by atoms with van der Waals surface area (Å²) in [6.07, 6.45) is 0.873. The molecule has 0 radical (unpaired) electrons. The predicted molar refractivity (Wildman–Crippen MR) is 118 cm³/mol. The van der Waals surface area contributed by atoms with E-state index >= 15 is 0 Å². The lowest BCUT2D eigenvalue weighted by atomic mass is 10.1. The monoisotopic (exact) mass is 400 g/mol. The van der Waals surface area contributed by atoms with Crippen molar-refractivity contribution in [1.29, 1.82) is 0 Å². The smallest absolute Gasteiger partial charge is 0.255 e. The molecule has 4 rings (SSSR count). The fourth-order valence-electron chi connectivity index (χ4n) is 3.50. The largest absolute Gasteiger partial charge is 0.494 e. The standard InChI is InChI=1S/C25H24N2O3/c1-2-30-21-14-12-20(13-15-21)26-24(28)18-8-10-19(11-9-18)27-25(29)23-16-22(23)17-6-4-3-5-7-17/h3-15,22-23H,2,16H2,1H3,(H,26,28)(H,27,29). The lowest BCUT2D eigenvalue weighted by molar-refractivity contribution is -0.117. The number of hydrogen-bond acceptors (Lipinski definition) is 3. The highest BCUT2D eigenvalue weighted by Crippen LogP contribution is 2.47. The van der Waals surface area contributed by atoms with E-state index in [4.69, 9.17) is 4.74 Å². The number of carbonyl (C=O) groups is 2. The fraction of sp³-hybridized carbons (Fsp3) is 0.200. The first kappa shape index (κ1) is 19.7. The Labute approximate surface area is 176 Å². The Morgan fingerprint density at radius 2 is 1.50 bits per heavy atom. The maximum atomic E-state index is 12.5. The van der Waals surface area contributed by atoms with Gasteiger partial charge in [-0.15, -0.1) is 0 Å². The summed E-state index contributed by atoms with van der Waals surface area (Å²) in [6, 6.07) is 24.3. The molecule has 2 atom stereocenters. The van der Waals surface area contributed by atoms with Gasteiger partial charge in [0.15, 0.2) is 0 Å². The van der Waals surface area contributed by atoms with Gasteiger partial charge in [-0.2, -0.15) is 0 Å². The summed E-state index contributed by atoms with van der Waals surface area (Å²) < 4.78 is 5.40. The SMILES string of the molecule is CCOc1ccc(NC(=O)c2ccc(NC(=O)C3CC3c3ccccc3)cc2)cc1. The Morgan fingerprint density at radius 1 is 0.867 bits per heavy atom. The van der Waals surface area contributed by atoms with Gasteiger partial charge in [-0.05, 0) is 73.4 Å². The average molecular weight is 400 g/mol. The third-order valence-corrected chi connectivity index (χ3v) is 5.19. The molecule has 3 aromatic rings. The molecule has 1 aliphatic rings. The number of hydrogen-bond donors (Lipinski definition) is 2. The maximum Gasteiger partial charge on any atom is 0.255 e. The number of rotatable bonds is 7. The number of benzene rings is 3. The van der Waals surface area contributed by atoms with Gasteiger partial charge < -0.3 is 15.4 Å². The Hall–Kier alpha value is -3.60. The molecule has 2 amide bonds. The molecular formula is C25H24N2O3. The summed E-state index contributed by atoms with van der Waals surface area (Å²) in [5.41, 5.74) is 3.12. The average Bonchev–Trinajstić information content (AvgIpc) is 3.58. The van der Waals surface area contributed by atoms with Gasteiger partial charge in [0.1, 0.15) is 5.75 Å². The minimum atomic E-state index is -0.205. The molecule has 0 heterocycles. The van der Waals surface area contributed by atoms with E-state index < -0.39 is 0 Å². The van der Waals surface area contributed by atoms with Gasteiger partial charge in [-0.3, -0.25) is 9.59 Å². The molecule has 0 saturated heterocycles. The van der Waals surface area contributed by atoms with Crippen molar-refractivity contribution in [1.82, 2.24) is 0 Å². The van der Waals surface area contributed by atoms with E-state index in [1.165, 1.54) is 5.56 Å². The van der Waals surface area contributed by atoms with Crippen molar-refractivity contribution in [3.8, 4) is 5.75 Å². The fourth-order valence-corrected chi connectivity index (χ4v) is 3.50. The molecule has 1 fully saturated rings. The van der Waals surface area contributed by atoms with E-state index in [0.717, 1.165) is 12.2 Å². The van der Waals surface area contributed by atoms with Gasteiger partial charge in [0.25, 0.3) is 5.91 Å². The Morgan fingerprint density at radius 3 is 2.17 bits per heavy atom. The van der Waals surface area contributed by atoms with Crippen LogP contribution in [0.2, 0.25) is 0 Å². The maximum absolute atomic E-state index is 12.5. The Bertz CT molecular complexity index is 1010. The minimum absolute atomic E-state index is 0.00929. The van der Waals surface area contributed by atoms with Gasteiger partial charge in [-0.25, -0.2) is 0 Å². The summed E-state index contributed by atoms with van der Waals surface area (Å²) in [5, 5.41) is 5.81. The van der Waals surface area contributed by atoms with Gasteiger partial charge >= 0.3 is 0 Å². The third kappa shape index (κ3) is 4.69. The van der Waals surface area contributed by atoms with E-state index in [0.29, 0.717) is 29.5 Å². The van der Waals surface area contributed by atoms with Crippen molar-refractivity contribution in [3.05, 3.63) is 90.0 Å². The first-order valence-electron chi connectivity index (χ1n) is 10.1. The van der Waals surface area contributed by atoms with Gasteiger partial charge in [-0.1, -0.05) is 30.3 Å². The van der Waals surface area contributed by atoms with Crippen LogP contribution < -0.4 is 15.4 Å². The molecular weight excluding hydrogens is 376 g/mol. The highest BCUT2D eigenvalue weighted by atomic mass is 16.5. The van der Waals surface area contributed by atoms with Crippen LogP contribution in [0.15, 0.2) is 78.9 Å². The van der Waals surface area contributed by atoms with Gasteiger partial charge in [0.05, 0.1) is 6.61 Å². The van der Waals surface area contributed by atoms with E-state index in [-0.39, 0.29) is 17.7 Å². The zero-order valence-electron chi connectivity index (χ0n) is 16.8. The van der Waals surface area contributed by atoms with Crippen LogP contribution in [0, 0.1) is 5.92 Å². The zero-order chi connectivity index (χ0) is 20.9. The summed E-state index contributed by atoms with van der Waals surface area (Å²) in [4.78, 5) is 24.9. The molecule has 30 heavy (non-hydrogen) atoms. The summed E-state index contributed by atoms with van der Waals surface area (Å²) in [7, 11) is 0. The normalized spacial score (nSPS) is 17.1. The highest BCUT2D eigenvalue weighted by Gasteiger charge is 2.43. The number of nitrogens with one attached hydrogen (secondary N) is 2. The quantitative estimate of drug-likeness (QED) is 0.581. The van der Waals surface area contributed by atoms with Crippen molar-refractivity contribution in [3.63, 3.8) is 0 Å². The molecule has 2 unspecified atom stereocenters. The van der Waals surface area contributed by atoms with Crippen LogP contribution in [0.25, 0.3) is 0 Å². The first-order valence-corrected chi connectivity index (χ1v) is 10.1. The van der Waals surface area contributed by atoms with Gasteiger partial charge in [0.2, 0.25) is 5.91 Å². The van der Waals surface area contributed by atoms with Crippen molar-refractivity contribution in [2.45, 2.75) is 19.3 Å². The molecule has 1 aliphatic carbocycles. The molecule has 5 heteroatoms. The number of amides is 2. The third-order valence-electron chi connectivity index (χ3n) is 5.19. The molecule has 0 bridgehead atoms. The molecule has 152 valence electrons. The highest BCUT2D eigenvalue weighted by molar-refractivity contribution is 6.04. The number of ether oxygens (including phenoxy) is 1. The first-order chi connectivity index (χ1) is 14.6. The number of carbonyl (C=O) groups excluding carboxylic acids is 2. The molecule has 5 nitrogen and oxygen atoms in total. The van der Waals surface area contributed by atoms with Crippen LogP contribution in [0.4, 0.5) is 11.4 Å². The van der Waals surface area contributed by atoms with E-state index in [1.807, 2.05) is 37.3 Å². The van der Waals surface area contributed by atoms with Crippen molar-refractivity contribution in [2.75, 3.05) is 17.2 Å². The molecule has 0 spiro atoms. The van der Waals surface area contributed by atoms with E-state index in [2.05, 4.69) is 22.8 Å². The van der Waals surface area contributed by atoms with Crippen LogP contribution in [-0.2, 0) is 4.79 Å². The Balaban J connectivity index is 1.31. The summed E-state index contributed by atoms with van der Waals surface area (Å²) in [6.45, 7) is 2.52. The second kappa shape index (κ2) is 8.82. The van der Waals surface area contributed by atoms with E-state index in [1.54, 1.807) is 36.4 Å². The van der Waals surface area contributed by atoms with Crippen molar-refractivity contribution < 1.29 is 14.3 Å².